The van der Waals surface area contributed by atoms with E-state index in [9.17, 15) is 13.2 Å². The summed E-state index contributed by atoms with van der Waals surface area (Å²) in [6, 6.07) is 0. The normalized spacial score (nSPS) is 19.4. The van der Waals surface area contributed by atoms with Gasteiger partial charge in [-0.1, -0.05) is 11.6 Å². The van der Waals surface area contributed by atoms with E-state index in [-0.39, 0.29) is 46.5 Å². The highest BCUT2D eigenvalue weighted by atomic mass is 35.5. The Hall–Kier alpha value is -2.30. The third-order valence-corrected chi connectivity index (χ3v) is 5.79. The van der Waals surface area contributed by atoms with Crippen molar-refractivity contribution in [2.75, 3.05) is 43.5 Å². The summed E-state index contributed by atoms with van der Waals surface area (Å²) in [5, 5.41) is 13.9. The topological polar surface area (TPSA) is 239 Å². The number of nitrogens with two attached hydrogens (primary N) is 4. The maximum atomic E-state index is 12.2. The number of carbonyl (C=O) groups is 1. The van der Waals surface area contributed by atoms with E-state index in [0.29, 0.717) is 32.7 Å². The zero-order valence-corrected chi connectivity index (χ0v) is 19.7. The quantitative estimate of drug-likeness (QED) is 0.0991. The van der Waals surface area contributed by atoms with Gasteiger partial charge in [0.25, 0.3) is 5.91 Å². The fraction of sp³-hybridized carbons (Fsp3) is 0.647. The molecule has 1 amide bonds. The number of sulfonamides is 1. The molecule has 0 spiro atoms. The molecule has 1 aliphatic heterocycles. The van der Waals surface area contributed by atoms with Crippen LogP contribution in [0.3, 0.4) is 0 Å². The lowest BCUT2D eigenvalue weighted by atomic mass is 10.1. The molecule has 0 unspecified atom stereocenters. The van der Waals surface area contributed by atoms with Crippen LogP contribution in [0.2, 0.25) is 5.15 Å². The van der Waals surface area contributed by atoms with Gasteiger partial charge in [-0.15, -0.1) is 0 Å². The van der Waals surface area contributed by atoms with E-state index in [1.54, 1.807) is 0 Å². The molecule has 0 saturated carbocycles. The van der Waals surface area contributed by atoms with E-state index in [1.807, 2.05) is 0 Å². The zero-order chi connectivity index (χ0) is 24.4. The number of hydrogen-bond donors (Lipinski definition) is 7. The Labute approximate surface area is 197 Å². The van der Waals surface area contributed by atoms with Crippen molar-refractivity contribution in [2.24, 2.45) is 15.9 Å². The number of rotatable bonds is 11. The summed E-state index contributed by atoms with van der Waals surface area (Å²) >= 11 is 5.76. The monoisotopic (exact) mass is 506 g/mol. The number of hydrogen-bond acceptors (Lipinski definition) is 11. The number of nitrogens with zero attached hydrogens (tertiary/aromatic N) is 3. The molecule has 0 bridgehead atoms. The van der Waals surface area contributed by atoms with Crippen LogP contribution in [0, 0.1) is 0 Å². The number of aromatic nitrogens is 2. The summed E-state index contributed by atoms with van der Waals surface area (Å²) in [4.78, 5) is 23.8. The van der Waals surface area contributed by atoms with Gasteiger partial charge in [-0.3, -0.25) is 25.7 Å². The molecule has 0 aliphatic carbocycles. The van der Waals surface area contributed by atoms with Gasteiger partial charge in [0.05, 0.1) is 18.0 Å². The number of carbonyl (C=O) groups excluding carboxylic acids is 1. The molecule has 1 aliphatic rings. The Kier molecular flexibility index (Phi) is 10.5. The van der Waals surface area contributed by atoms with Crippen LogP contribution >= 0.6 is 11.6 Å². The zero-order valence-electron chi connectivity index (χ0n) is 18.1. The third-order valence-electron chi connectivity index (χ3n) is 4.66. The molecular formula is C17H31ClN10O4S. The van der Waals surface area contributed by atoms with Gasteiger partial charge >= 0.3 is 0 Å². The van der Waals surface area contributed by atoms with Gasteiger partial charge < -0.3 is 21.9 Å². The van der Waals surface area contributed by atoms with Gasteiger partial charge in [0.2, 0.25) is 10.0 Å². The fourth-order valence-electron chi connectivity index (χ4n) is 3.01. The maximum absolute atomic E-state index is 12.2. The van der Waals surface area contributed by atoms with Crippen molar-refractivity contribution in [1.82, 2.24) is 25.9 Å². The molecule has 11 N–H and O–H groups in total. The summed E-state index contributed by atoms with van der Waals surface area (Å²) in [5.74, 6) is -1.06. The van der Waals surface area contributed by atoms with Gasteiger partial charge in [0.15, 0.2) is 28.4 Å². The predicted molar refractivity (Wildman–Crippen MR) is 126 cm³/mol. The van der Waals surface area contributed by atoms with Gasteiger partial charge in [-0.2, -0.15) is 0 Å². The highest BCUT2D eigenvalue weighted by Crippen LogP contribution is 2.17. The highest BCUT2D eigenvalue weighted by molar-refractivity contribution is 7.89. The molecule has 186 valence electrons. The molecule has 1 saturated heterocycles. The van der Waals surface area contributed by atoms with Crippen molar-refractivity contribution in [1.29, 1.82) is 0 Å². The summed E-state index contributed by atoms with van der Waals surface area (Å²) in [6.45, 7) is 2.12. The average molecular weight is 507 g/mol. The number of aliphatic imine (C=N–C) groups is 1. The standard InChI is InChI=1S/C17H31ClN10O4S/c18-13-15(20)27-14(19)12(26-13)16(29)28-17(21)23-5-2-1-4-11-24-8-10(9-25-11)32-6-3-7-33(22,30)31/h10-11,24-25H,1-9H2,(H4,19,20,27)(H2,22,30,31)(H3,21,23,28,29). The second kappa shape index (κ2) is 12.8. The number of halogens is 1. The number of unbranched alkanes of at least 4 members (excludes halogenated alkanes) is 1. The van der Waals surface area contributed by atoms with E-state index >= 15 is 0 Å². The summed E-state index contributed by atoms with van der Waals surface area (Å²) in [6.07, 6.45) is 3.00. The first-order chi connectivity index (χ1) is 15.5. The fourth-order valence-corrected chi connectivity index (χ4v) is 3.65. The number of nitrogens with one attached hydrogen (secondary N) is 3. The minimum Gasteiger partial charge on any atom is -0.382 e. The van der Waals surface area contributed by atoms with Crippen LogP contribution in [0.15, 0.2) is 4.99 Å². The predicted octanol–water partition coefficient (Wildman–Crippen LogP) is -1.91. The molecule has 0 radical (unpaired) electrons. The number of guanidine groups is 1. The minimum atomic E-state index is -3.45. The number of amides is 1. The number of nitrogen functional groups attached to an aromatic ring is 2. The molecule has 33 heavy (non-hydrogen) atoms. The van der Waals surface area contributed by atoms with E-state index in [1.165, 1.54) is 0 Å². The Morgan fingerprint density at radius 3 is 2.55 bits per heavy atom. The molecule has 16 heteroatoms. The van der Waals surface area contributed by atoms with Crippen LogP contribution < -0.4 is 38.3 Å². The first kappa shape index (κ1) is 26.9. The van der Waals surface area contributed by atoms with Gasteiger partial charge in [-0.05, 0) is 25.7 Å². The number of ether oxygens (including phenoxy) is 1. The van der Waals surface area contributed by atoms with Crippen LogP contribution in [0.1, 0.15) is 36.2 Å². The third kappa shape index (κ3) is 10.0. The SMILES string of the molecule is NC(=NCCCCC1NCC(OCCCS(N)(=O)=O)CN1)NC(=O)c1nc(Cl)c(N)nc1N. The Bertz CT molecular complexity index is 938. The summed E-state index contributed by atoms with van der Waals surface area (Å²) in [5.41, 5.74) is 16.7. The molecule has 1 aromatic rings. The maximum Gasteiger partial charge on any atom is 0.280 e. The average Bonchev–Trinajstić information content (AvgIpc) is 2.73. The van der Waals surface area contributed by atoms with E-state index < -0.39 is 15.9 Å². The smallest absolute Gasteiger partial charge is 0.280 e. The van der Waals surface area contributed by atoms with Crippen molar-refractivity contribution < 1.29 is 17.9 Å². The molecule has 2 heterocycles. The van der Waals surface area contributed by atoms with E-state index in [0.717, 1.165) is 19.3 Å². The molecule has 0 aromatic carbocycles. The largest absolute Gasteiger partial charge is 0.382 e. The van der Waals surface area contributed by atoms with Crippen LogP contribution in [0.25, 0.3) is 0 Å². The highest BCUT2D eigenvalue weighted by Gasteiger charge is 2.20. The number of anilines is 2. The van der Waals surface area contributed by atoms with Crippen molar-refractivity contribution in [3.8, 4) is 0 Å². The second-order valence-corrected chi connectivity index (χ2v) is 9.52. The molecule has 0 atom stereocenters. The van der Waals surface area contributed by atoms with Crippen molar-refractivity contribution in [3.63, 3.8) is 0 Å². The molecule has 1 fully saturated rings. The first-order valence-corrected chi connectivity index (χ1v) is 12.4. The Morgan fingerprint density at radius 1 is 1.18 bits per heavy atom. The molecule has 14 nitrogen and oxygen atoms in total. The minimum absolute atomic E-state index is 0.0237. The van der Waals surface area contributed by atoms with Crippen LogP contribution in [0.4, 0.5) is 11.6 Å². The van der Waals surface area contributed by atoms with Gasteiger partial charge in [0, 0.05) is 26.2 Å². The van der Waals surface area contributed by atoms with Crippen LogP contribution in [-0.2, 0) is 14.8 Å². The molecule has 1 aromatic heterocycles. The Morgan fingerprint density at radius 2 is 1.88 bits per heavy atom. The van der Waals surface area contributed by atoms with Crippen molar-refractivity contribution >= 4 is 45.1 Å². The van der Waals surface area contributed by atoms with Crippen molar-refractivity contribution in [3.05, 3.63) is 10.8 Å². The second-order valence-electron chi connectivity index (χ2n) is 7.43. The lowest BCUT2D eigenvalue weighted by Crippen LogP contribution is -2.55. The van der Waals surface area contributed by atoms with Gasteiger partial charge in [0.1, 0.15) is 0 Å². The summed E-state index contributed by atoms with van der Waals surface area (Å²) < 4.78 is 27.4. The van der Waals surface area contributed by atoms with Crippen LogP contribution in [0.5, 0.6) is 0 Å². The first-order valence-electron chi connectivity index (χ1n) is 10.3. The van der Waals surface area contributed by atoms with Gasteiger partial charge in [-0.25, -0.2) is 23.5 Å². The van der Waals surface area contributed by atoms with Crippen LogP contribution in [-0.4, -0.2) is 74.5 Å². The molecule has 2 rings (SSSR count). The lowest BCUT2D eigenvalue weighted by molar-refractivity contribution is 0.0331. The summed E-state index contributed by atoms with van der Waals surface area (Å²) in [7, 11) is -3.45. The van der Waals surface area contributed by atoms with E-state index in [4.69, 9.17) is 38.7 Å². The number of primary sulfonamides is 1. The van der Waals surface area contributed by atoms with E-state index in [2.05, 4.69) is 30.9 Å². The van der Waals surface area contributed by atoms with Crippen molar-refractivity contribution in [2.45, 2.75) is 38.0 Å². The molecular weight excluding hydrogens is 476 g/mol. The lowest BCUT2D eigenvalue weighted by Gasteiger charge is -2.31. The Balaban J connectivity index is 1.60.